The molecule has 3 rings (SSSR count). The van der Waals surface area contributed by atoms with Gasteiger partial charge < -0.3 is 10.6 Å². The van der Waals surface area contributed by atoms with Gasteiger partial charge in [0.2, 0.25) is 5.95 Å². The van der Waals surface area contributed by atoms with Gasteiger partial charge in [0.15, 0.2) is 0 Å². The molecular formula is C13H15N5S2. The Labute approximate surface area is 125 Å². The Morgan fingerprint density at radius 3 is 2.90 bits per heavy atom. The fourth-order valence-electron chi connectivity index (χ4n) is 1.81. The van der Waals surface area contributed by atoms with Crippen LogP contribution in [0.1, 0.15) is 18.4 Å². The second kappa shape index (κ2) is 6.15. The van der Waals surface area contributed by atoms with E-state index in [0.717, 1.165) is 34.0 Å². The van der Waals surface area contributed by atoms with Crippen LogP contribution < -0.4 is 10.6 Å². The van der Waals surface area contributed by atoms with Crippen LogP contribution >= 0.6 is 22.7 Å². The minimum absolute atomic E-state index is 0.684. The van der Waals surface area contributed by atoms with Crippen LogP contribution in [0.15, 0.2) is 23.0 Å². The molecule has 5 nitrogen and oxygen atoms in total. The molecule has 0 radical (unpaired) electrons. The Balaban J connectivity index is 1.85. The van der Waals surface area contributed by atoms with Crippen molar-refractivity contribution in [3.05, 3.63) is 28.0 Å². The number of thiazole rings is 1. The van der Waals surface area contributed by atoms with E-state index in [1.54, 1.807) is 22.7 Å². The van der Waals surface area contributed by atoms with Crippen LogP contribution in [0.2, 0.25) is 0 Å². The minimum atomic E-state index is 0.684. The van der Waals surface area contributed by atoms with Gasteiger partial charge in [0.05, 0.1) is 11.9 Å². The third kappa shape index (κ3) is 2.88. The monoisotopic (exact) mass is 305 g/mol. The summed E-state index contributed by atoms with van der Waals surface area (Å²) in [4.78, 5) is 14.4. The van der Waals surface area contributed by atoms with Gasteiger partial charge in [-0.15, -0.1) is 22.7 Å². The third-order valence-corrected chi connectivity index (χ3v) is 4.33. The summed E-state index contributed by atoms with van der Waals surface area (Å²) in [6.45, 7) is 3.69. The molecule has 3 aromatic heterocycles. The van der Waals surface area contributed by atoms with Gasteiger partial charge in [0, 0.05) is 18.1 Å². The van der Waals surface area contributed by atoms with E-state index in [0.29, 0.717) is 12.5 Å². The van der Waals surface area contributed by atoms with Crippen LogP contribution in [-0.2, 0) is 6.54 Å². The number of fused-ring (bicyclic) bond motifs is 1. The maximum absolute atomic E-state index is 4.56. The number of hydrogen-bond donors (Lipinski definition) is 2. The van der Waals surface area contributed by atoms with E-state index >= 15 is 0 Å². The molecule has 0 bridgehead atoms. The summed E-state index contributed by atoms with van der Waals surface area (Å²) in [5.41, 5.74) is 0. The van der Waals surface area contributed by atoms with Crippen LogP contribution in [-0.4, -0.2) is 21.5 Å². The summed E-state index contributed by atoms with van der Waals surface area (Å²) in [7, 11) is 0. The van der Waals surface area contributed by atoms with Crippen molar-refractivity contribution in [2.45, 2.75) is 19.9 Å². The zero-order valence-corrected chi connectivity index (χ0v) is 12.7. The van der Waals surface area contributed by atoms with Gasteiger partial charge in [0.25, 0.3) is 0 Å². The van der Waals surface area contributed by atoms with E-state index in [2.05, 4.69) is 32.5 Å². The molecule has 0 saturated heterocycles. The number of rotatable bonds is 6. The summed E-state index contributed by atoms with van der Waals surface area (Å²) < 4.78 is 0. The normalized spacial score (nSPS) is 10.8. The summed E-state index contributed by atoms with van der Waals surface area (Å²) in [5.74, 6) is 1.55. The maximum atomic E-state index is 4.56. The van der Waals surface area contributed by atoms with Gasteiger partial charge in [-0.25, -0.2) is 9.97 Å². The smallest absolute Gasteiger partial charge is 0.226 e. The molecule has 0 amide bonds. The highest BCUT2D eigenvalue weighted by molar-refractivity contribution is 7.16. The fourth-order valence-corrected chi connectivity index (χ4v) is 3.13. The topological polar surface area (TPSA) is 62.7 Å². The minimum Gasteiger partial charge on any atom is -0.363 e. The lowest BCUT2D eigenvalue weighted by Gasteiger charge is -2.08. The number of hydrogen-bond acceptors (Lipinski definition) is 7. The molecule has 3 aromatic rings. The van der Waals surface area contributed by atoms with Gasteiger partial charge in [0.1, 0.15) is 15.7 Å². The number of anilines is 2. The van der Waals surface area contributed by atoms with Crippen molar-refractivity contribution in [3.63, 3.8) is 0 Å². The Morgan fingerprint density at radius 1 is 1.15 bits per heavy atom. The van der Waals surface area contributed by atoms with E-state index in [-0.39, 0.29) is 0 Å². The molecule has 0 saturated carbocycles. The van der Waals surface area contributed by atoms with Crippen LogP contribution in [0, 0.1) is 0 Å². The molecule has 0 fully saturated rings. The molecule has 0 unspecified atom stereocenters. The highest BCUT2D eigenvalue weighted by Gasteiger charge is 2.09. The van der Waals surface area contributed by atoms with E-state index < -0.39 is 0 Å². The zero-order valence-electron chi connectivity index (χ0n) is 11.1. The molecule has 20 heavy (non-hydrogen) atoms. The Morgan fingerprint density at radius 2 is 2.10 bits per heavy atom. The SMILES string of the molecule is CCCNc1nc(NCc2nccs2)c2ccsc2n1. The Kier molecular flexibility index (Phi) is 4.08. The van der Waals surface area contributed by atoms with Crippen molar-refractivity contribution >= 4 is 44.7 Å². The van der Waals surface area contributed by atoms with Crippen molar-refractivity contribution in [3.8, 4) is 0 Å². The standard InChI is InChI=1S/C13H15N5S2/c1-2-4-15-13-17-11(9-3-6-20-12(9)18-13)16-8-10-14-5-7-19-10/h3,5-7H,2,4,8H2,1H3,(H2,15,16,17,18). The van der Waals surface area contributed by atoms with Gasteiger partial charge in [-0.2, -0.15) is 4.98 Å². The lowest BCUT2D eigenvalue weighted by Crippen LogP contribution is -2.07. The average molecular weight is 305 g/mol. The van der Waals surface area contributed by atoms with Gasteiger partial charge >= 0.3 is 0 Å². The van der Waals surface area contributed by atoms with Gasteiger partial charge in [-0.05, 0) is 17.9 Å². The molecule has 0 spiro atoms. The molecule has 0 aliphatic heterocycles. The van der Waals surface area contributed by atoms with E-state index in [9.17, 15) is 0 Å². The maximum Gasteiger partial charge on any atom is 0.226 e. The Bertz CT molecular complexity index is 677. The van der Waals surface area contributed by atoms with Gasteiger partial charge in [-0.1, -0.05) is 6.92 Å². The summed E-state index contributed by atoms with van der Waals surface area (Å²) in [6, 6.07) is 2.05. The lowest BCUT2D eigenvalue weighted by molar-refractivity contribution is 0.956. The highest BCUT2D eigenvalue weighted by atomic mass is 32.1. The largest absolute Gasteiger partial charge is 0.363 e. The van der Waals surface area contributed by atoms with E-state index in [1.165, 1.54) is 0 Å². The van der Waals surface area contributed by atoms with Crippen LogP contribution in [0.3, 0.4) is 0 Å². The number of aromatic nitrogens is 3. The van der Waals surface area contributed by atoms with E-state index in [4.69, 9.17) is 0 Å². The summed E-state index contributed by atoms with van der Waals surface area (Å²) in [5, 5.41) is 12.7. The molecule has 3 heterocycles. The predicted molar refractivity (Wildman–Crippen MR) is 85.6 cm³/mol. The first-order valence-electron chi connectivity index (χ1n) is 6.48. The number of thiophene rings is 1. The van der Waals surface area contributed by atoms with Crippen molar-refractivity contribution in [1.29, 1.82) is 0 Å². The molecule has 0 aromatic carbocycles. The average Bonchev–Trinajstić information content (AvgIpc) is 3.13. The van der Waals surface area contributed by atoms with Gasteiger partial charge in [-0.3, -0.25) is 0 Å². The van der Waals surface area contributed by atoms with E-state index in [1.807, 2.05) is 23.0 Å². The van der Waals surface area contributed by atoms with Crippen LogP contribution in [0.25, 0.3) is 10.2 Å². The van der Waals surface area contributed by atoms with Crippen molar-refractivity contribution in [2.24, 2.45) is 0 Å². The quantitative estimate of drug-likeness (QED) is 0.729. The Hall–Kier alpha value is -1.73. The molecule has 7 heteroatoms. The first kappa shape index (κ1) is 13.3. The van der Waals surface area contributed by atoms with Crippen molar-refractivity contribution < 1.29 is 0 Å². The predicted octanol–water partition coefficient (Wildman–Crippen LogP) is 3.58. The first-order valence-corrected chi connectivity index (χ1v) is 8.24. The molecule has 104 valence electrons. The molecule has 0 aliphatic carbocycles. The van der Waals surface area contributed by atoms with Crippen LogP contribution in [0.5, 0.6) is 0 Å². The second-order valence-corrected chi connectivity index (χ2v) is 6.12. The van der Waals surface area contributed by atoms with Crippen LogP contribution in [0.4, 0.5) is 11.8 Å². The third-order valence-electron chi connectivity index (χ3n) is 2.75. The molecular weight excluding hydrogens is 290 g/mol. The number of nitrogens with zero attached hydrogens (tertiary/aromatic N) is 3. The fraction of sp³-hybridized carbons (Fsp3) is 0.308. The summed E-state index contributed by atoms with van der Waals surface area (Å²) >= 11 is 3.27. The second-order valence-electron chi connectivity index (χ2n) is 4.24. The number of nitrogens with one attached hydrogen (secondary N) is 2. The first-order chi connectivity index (χ1) is 9.86. The lowest BCUT2D eigenvalue weighted by atomic mass is 10.4. The van der Waals surface area contributed by atoms with Crippen molar-refractivity contribution in [1.82, 2.24) is 15.0 Å². The molecule has 0 aliphatic rings. The highest BCUT2D eigenvalue weighted by Crippen LogP contribution is 2.26. The zero-order chi connectivity index (χ0) is 13.8. The van der Waals surface area contributed by atoms with Crippen molar-refractivity contribution in [2.75, 3.05) is 17.2 Å². The summed E-state index contributed by atoms with van der Waals surface area (Å²) in [6.07, 6.45) is 2.86. The molecule has 2 N–H and O–H groups in total. The molecule has 0 atom stereocenters.